The van der Waals surface area contributed by atoms with Gasteiger partial charge in [0.25, 0.3) is 0 Å². The van der Waals surface area contributed by atoms with Gasteiger partial charge in [-0.1, -0.05) is 18.2 Å². The Kier molecular flexibility index (Phi) is 7.62. The maximum absolute atomic E-state index is 12.1. The molecule has 4 fully saturated rings. The Morgan fingerprint density at radius 2 is 1.28 bits per heavy atom. The van der Waals surface area contributed by atoms with Gasteiger partial charge < -0.3 is 29.5 Å². The molecule has 32 heavy (non-hydrogen) atoms. The van der Waals surface area contributed by atoms with Crippen molar-refractivity contribution in [3.8, 4) is 0 Å². The number of nitrogens with zero attached hydrogens (tertiary/aromatic N) is 2. The monoisotopic (exact) mass is 442 g/mol. The van der Waals surface area contributed by atoms with Gasteiger partial charge in [-0.15, -0.1) is 0 Å². The van der Waals surface area contributed by atoms with E-state index < -0.39 is 7.05 Å². The predicted octanol–water partition coefficient (Wildman–Crippen LogP) is 2.03. The van der Waals surface area contributed by atoms with Crippen molar-refractivity contribution in [3.05, 3.63) is 35.9 Å². The summed E-state index contributed by atoms with van der Waals surface area (Å²) in [7, 11) is -0.742. The maximum atomic E-state index is 12.1. The molecule has 0 saturated carbocycles. The molecule has 3 N–H and O–H groups in total. The number of ether oxygens (including phenoxy) is 1. The van der Waals surface area contributed by atoms with Crippen LogP contribution in [0.25, 0.3) is 0 Å². The molecule has 1 aromatic rings. The number of hydrogen-bond acceptors (Lipinski definition) is 7. The molecule has 7 nitrogen and oxygen atoms in total. The number of carbonyl (C=O) groups is 1. The van der Waals surface area contributed by atoms with Gasteiger partial charge in [-0.2, -0.15) is 0 Å². The Balaban J connectivity index is 0.000000174. The van der Waals surface area contributed by atoms with Gasteiger partial charge in [0.05, 0.1) is 11.7 Å². The fraction of sp³-hybridized carbons (Fsp3) is 0.696. The van der Waals surface area contributed by atoms with Crippen LogP contribution >= 0.6 is 0 Å². The number of aliphatic hydroxyl groups excluding tert-OH is 1. The van der Waals surface area contributed by atoms with Crippen LogP contribution in [0.15, 0.2) is 30.3 Å². The van der Waals surface area contributed by atoms with E-state index in [1.165, 1.54) is 0 Å². The average molecular weight is 442 g/mol. The summed E-state index contributed by atoms with van der Waals surface area (Å²) in [6.07, 6.45) is 7.69. The molecule has 4 bridgehead atoms. The van der Waals surface area contributed by atoms with Gasteiger partial charge in [-0.3, -0.25) is 0 Å². The summed E-state index contributed by atoms with van der Waals surface area (Å²) in [5.41, 5.74) is 0.609. The number of carbonyl (C=O) groups excluding carboxylic acids is 1. The Bertz CT molecular complexity index is 740. The van der Waals surface area contributed by atoms with Crippen molar-refractivity contribution in [3.63, 3.8) is 0 Å². The predicted molar refractivity (Wildman–Crippen MR) is 125 cm³/mol. The van der Waals surface area contributed by atoms with Crippen LogP contribution in [-0.4, -0.2) is 81.2 Å². The number of fused-ring (bicyclic) bond motifs is 4. The first-order valence-electron chi connectivity index (χ1n) is 12.2. The fourth-order valence-electron chi connectivity index (χ4n) is 6.46. The first-order chi connectivity index (χ1) is 15.3. The largest absolute Gasteiger partial charge is 0.459 e. The van der Waals surface area contributed by atoms with Gasteiger partial charge in [0.2, 0.25) is 0 Å². The summed E-state index contributed by atoms with van der Waals surface area (Å²) in [6.45, 7) is 3.64. The molecule has 1 aromatic carbocycles. The second kappa shape index (κ2) is 10.3. The Hall–Kier alpha value is -1.38. The van der Waals surface area contributed by atoms with Crippen LogP contribution < -0.4 is 0 Å². The van der Waals surface area contributed by atoms with Crippen LogP contribution in [0.5, 0.6) is 0 Å². The van der Waals surface area contributed by atoms with Crippen molar-refractivity contribution in [1.29, 1.82) is 0 Å². The number of rotatable bonds is 4. The maximum Gasteiger partial charge on any atom is 0.376 e. The van der Waals surface area contributed by atoms with Crippen molar-refractivity contribution < 1.29 is 24.7 Å². The second-order valence-electron chi connectivity index (χ2n) is 9.92. The zero-order valence-electron chi connectivity index (χ0n) is 19.2. The van der Waals surface area contributed by atoms with E-state index in [0.29, 0.717) is 29.7 Å². The van der Waals surface area contributed by atoms with Crippen molar-refractivity contribution in [2.45, 2.75) is 101 Å². The molecule has 0 amide bonds. The molecule has 4 saturated heterocycles. The zero-order valence-corrected chi connectivity index (χ0v) is 19.2. The standard InChI is InChI=1S/C15H20BNO3.C8H16BNO2/c1-16(19)17-12-7-8-13(17)10-14(9-12)20-15(18)11-5-3-2-4-6-11;1-9(12)10-6-2-3-7(10)5-8(11)4-6/h2-6,12-14,19H,7-10H2,1H3;6-8,11-12H,2-5H2,1H3/t12-,13?,14?;6-,7?,8?/m11/s1. The summed E-state index contributed by atoms with van der Waals surface area (Å²) in [4.78, 5) is 16.4. The summed E-state index contributed by atoms with van der Waals surface area (Å²) in [5.74, 6) is -0.236. The molecule has 4 aliphatic rings. The van der Waals surface area contributed by atoms with Crippen molar-refractivity contribution >= 4 is 20.1 Å². The number of hydrogen-bond donors (Lipinski definition) is 3. The van der Waals surface area contributed by atoms with E-state index in [1.807, 2.05) is 31.8 Å². The van der Waals surface area contributed by atoms with E-state index in [1.54, 1.807) is 12.1 Å². The van der Waals surface area contributed by atoms with E-state index in [9.17, 15) is 19.9 Å². The second-order valence-corrected chi connectivity index (χ2v) is 9.92. The Labute approximate surface area is 192 Å². The minimum Gasteiger partial charge on any atom is -0.459 e. The number of esters is 1. The molecule has 9 heteroatoms. The third-order valence-electron chi connectivity index (χ3n) is 7.66. The van der Waals surface area contributed by atoms with Gasteiger partial charge in [-0.05, 0) is 77.1 Å². The minimum absolute atomic E-state index is 0.0183. The third-order valence-corrected chi connectivity index (χ3v) is 7.66. The van der Waals surface area contributed by atoms with Gasteiger partial charge >= 0.3 is 20.1 Å². The lowest BCUT2D eigenvalue weighted by Crippen LogP contribution is -2.52. The number of piperidine rings is 2. The Morgan fingerprint density at radius 3 is 1.72 bits per heavy atom. The topological polar surface area (TPSA) is 93.5 Å². The molecule has 0 aliphatic carbocycles. The first-order valence-corrected chi connectivity index (χ1v) is 12.2. The van der Waals surface area contributed by atoms with E-state index in [4.69, 9.17) is 4.74 Å². The lowest BCUT2D eigenvalue weighted by Gasteiger charge is -2.39. The summed E-state index contributed by atoms with van der Waals surface area (Å²) in [5, 5.41) is 28.8. The summed E-state index contributed by atoms with van der Waals surface area (Å²) >= 11 is 0. The summed E-state index contributed by atoms with van der Waals surface area (Å²) < 4.78 is 5.64. The molecular weight excluding hydrogens is 406 g/mol. The molecule has 5 rings (SSSR count). The molecular formula is C23H36B2N2O5. The van der Waals surface area contributed by atoms with E-state index >= 15 is 0 Å². The molecule has 174 valence electrons. The highest BCUT2D eigenvalue weighted by molar-refractivity contribution is 6.45. The van der Waals surface area contributed by atoms with Crippen LogP contribution in [0, 0.1) is 0 Å². The summed E-state index contributed by atoms with van der Waals surface area (Å²) in [6, 6.07) is 10.7. The van der Waals surface area contributed by atoms with Gasteiger partial charge in [0, 0.05) is 24.2 Å². The van der Waals surface area contributed by atoms with Crippen LogP contribution in [0.4, 0.5) is 0 Å². The first kappa shape index (κ1) is 23.8. The quantitative estimate of drug-likeness (QED) is 0.486. The van der Waals surface area contributed by atoms with Crippen LogP contribution in [-0.2, 0) is 4.74 Å². The molecule has 0 aromatic heterocycles. The fourth-order valence-corrected chi connectivity index (χ4v) is 6.46. The number of benzene rings is 1. The van der Waals surface area contributed by atoms with Gasteiger partial charge in [-0.25, -0.2) is 4.79 Å². The van der Waals surface area contributed by atoms with Gasteiger partial charge in [0.1, 0.15) is 6.10 Å². The van der Waals surface area contributed by atoms with Crippen molar-refractivity contribution in [1.82, 2.24) is 9.62 Å². The highest BCUT2D eigenvalue weighted by Gasteiger charge is 2.45. The highest BCUT2D eigenvalue weighted by atomic mass is 16.5. The molecule has 4 aliphatic heterocycles. The number of aliphatic hydroxyl groups is 1. The molecule has 0 spiro atoms. The van der Waals surface area contributed by atoms with Crippen molar-refractivity contribution in [2.24, 2.45) is 0 Å². The van der Waals surface area contributed by atoms with E-state index in [2.05, 4.69) is 9.62 Å². The van der Waals surface area contributed by atoms with Crippen LogP contribution in [0.3, 0.4) is 0 Å². The highest BCUT2D eigenvalue weighted by Crippen LogP contribution is 2.37. The zero-order chi connectivity index (χ0) is 22.8. The third kappa shape index (κ3) is 5.23. The van der Waals surface area contributed by atoms with Crippen LogP contribution in [0.2, 0.25) is 13.6 Å². The smallest absolute Gasteiger partial charge is 0.376 e. The van der Waals surface area contributed by atoms with Crippen LogP contribution in [0.1, 0.15) is 61.7 Å². The minimum atomic E-state index is -0.404. The molecule has 6 atom stereocenters. The normalized spacial score (nSPS) is 33.9. The lowest BCUT2D eigenvalue weighted by atomic mass is 9.79. The lowest BCUT2D eigenvalue weighted by molar-refractivity contribution is 0.00606. The Morgan fingerprint density at radius 1 is 0.844 bits per heavy atom. The molecule has 4 unspecified atom stereocenters. The molecule has 4 heterocycles. The SMILES string of the molecule is CB(O)N1C2CC[C@@H]1CC(O)C2.CB(O)N1C2CC[C@@H]1CC(OC(=O)c1ccccc1)C2. The van der Waals surface area contributed by atoms with E-state index in [0.717, 1.165) is 51.4 Å². The molecule has 0 radical (unpaired) electrons. The van der Waals surface area contributed by atoms with Gasteiger partial charge in [0.15, 0.2) is 0 Å². The van der Waals surface area contributed by atoms with E-state index in [-0.39, 0.29) is 25.2 Å². The van der Waals surface area contributed by atoms with Crippen molar-refractivity contribution in [2.75, 3.05) is 0 Å². The average Bonchev–Trinajstić information content (AvgIpc) is 3.20.